The average molecular weight is 488 g/mol. The van der Waals surface area contributed by atoms with Crippen molar-refractivity contribution in [3.63, 3.8) is 0 Å². The monoisotopic (exact) mass is 487 g/mol. The summed E-state index contributed by atoms with van der Waals surface area (Å²) in [6.07, 6.45) is 3.66. The van der Waals surface area contributed by atoms with E-state index in [1.807, 2.05) is 55.6 Å². The number of nitrogens with zero attached hydrogens (tertiary/aromatic N) is 2. The van der Waals surface area contributed by atoms with Gasteiger partial charge in [-0.3, -0.25) is 19.6 Å². The maximum atomic E-state index is 12.6. The lowest BCUT2D eigenvalue weighted by atomic mass is 10.1. The number of amides is 1. The molecule has 1 atom stereocenters. The lowest BCUT2D eigenvalue weighted by Gasteiger charge is -2.18. The zero-order valence-corrected chi connectivity index (χ0v) is 20.7. The third kappa shape index (κ3) is 4.90. The number of aromatic amines is 2. The molecule has 1 saturated heterocycles. The molecule has 2 aromatic carbocycles. The number of anilines is 1. The molecular weight excluding hydrogens is 458 g/mol. The molecule has 0 radical (unpaired) electrons. The van der Waals surface area contributed by atoms with Crippen molar-refractivity contribution in [3.05, 3.63) is 70.6 Å². The van der Waals surface area contributed by atoms with Gasteiger partial charge in [-0.1, -0.05) is 43.3 Å². The van der Waals surface area contributed by atoms with E-state index in [0.717, 1.165) is 64.3 Å². The van der Waals surface area contributed by atoms with Crippen molar-refractivity contribution in [2.75, 3.05) is 18.9 Å². The van der Waals surface area contributed by atoms with Gasteiger partial charge in [-0.2, -0.15) is 0 Å². The van der Waals surface area contributed by atoms with Crippen LogP contribution < -0.4 is 10.9 Å². The van der Waals surface area contributed by atoms with Crippen molar-refractivity contribution >= 4 is 34.3 Å². The molecule has 7 nitrogen and oxygen atoms in total. The van der Waals surface area contributed by atoms with Crippen LogP contribution >= 0.6 is 11.8 Å². The molecule has 2 aromatic heterocycles. The number of likely N-dealkylation sites (N-methyl/N-ethyl adjacent to an activating group) is 1. The summed E-state index contributed by atoms with van der Waals surface area (Å²) in [6.45, 7) is 3.05. The number of rotatable bonds is 7. The number of likely N-dealkylation sites (tertiary alicyclic amines) is 1. The van der Waals surface area contributed by atoms with Crippen LogP contribution in [0.1, 0.15) is 31.9 Å². The minimum absolute atomic E-state index is 0.0507. The van der Waals surface area contributed by atoms with Crippen molar-refractivity contribution in [3.8, 4) is 11.3 Å². The molecule has 1 amide bonds. The fraction of sp³-hybridized carbons (Fsp3) is 0.296. The van der Waals surface area contributed by atoms with Crippen LogP contribution in [0, 0.1) is 0 Å². The molecule has 5 rings (SSSR count). The van der Waals surface area contributed by atoms with E-state index in [1.54, 1.807) is 11.8 Å². The Labute approximate surface area is 208 Å². The quantitative estimate of drug-likeness (QED) is 0.339. The van der Waals surface area contributed by atoms with Crippen molar-refractivity contribution in [2.24, 2.45) is 0 Å². The number of nitrogens with one attached hydrogen (secondary N) is 3. The zero-order valence-electron chi connectivity index (χ0n) is 19.9. The van der Waals surface area contributed by atoms with Gasteiger partial charge in [0.2, 0.25) is 5.91 Å². The number of carbonyl (C=O) groups excluding carboxylic acids is 1. The molecule has 0 aliphatic carbocycles. The van der Waals surface area contributed by atoms with Gasteiger partial charge in [0.1, 0.15) is 0 Å². The molecule has 0 saturated carbocycles. The van der Waals surface area contributed by atoms with Gasteiger partial charge in [-0.15, -0.1) is 0 Å². The summed E-state index contributed by atoms with van der Waals surface area (Å²) in [5.74, 6) is 0.0507. The van der Waals surface area contributed by atoms with E-state index < -0.39 is 0 Å². The molecule has 180 valence electrons. The first-order chi connectivity index (χ1) is 17.0. The van der Waals surface area contributed by atoms with Gasteiger partial charge in [0.05, 0.1) is 22.8 Å². The molecule has 1 aliphatic heterocycles. The minimum Gasteiger partial charge on any atom is -0.325 e. The van der Waals surface area contributed by atoms with E-state index in [4.69, 9.17) is 4.98 Å². The van der Waals surface area contributed by atoms with Gasteiger partial charge in [-0.25, -0.2) is 4.98 Å². The van der Waals surface area contributed by atoms with Crippen LogP contribution in [0.5, 0.6) is 0 Å². The summed E-state index contributed by atoms with van der Waals surface area (Å²) in [5.41, 5.74) is 3.64. The summed E-state index contributed by atoms with van der Waals surface area (Å²) in [5, 5.41) is 9.81. The highest BCUT2D eigenvalue weighted by Gasteiger charge is 2.27. The molecule has 4 aromatic rings. The Morgan fingerprint density at radius 1 is 1.17 bits per heavy atom. The Balaban J connectivity index is 1.43. The fourth-order valence-electron chi connectivity index (χ4n) is 4.66. The smallest absolute Gasteiger partial charge is 0.273 e. The third-order valence-electron chi connectivity index (χ3n) is 6.46. The van der Waals surface area contributed by atoms with Gasteiger partial charge in [0.25, 0.3) is 5.56 Å². The number of hydrogen-bond acceptors (Lipinski definition) is 5. The molecular formula is C27H29N5O2S. The Bertz CT molecular complexity index is 1410. The van der Waals surface area contributed by atoms with Crippen LogP contribution in [0.4, 0.5) is 5.69 Å². The summed E-state index contributed by atoms with van der Waals surface area (Å²) >= 11 is 1.62. The second-order valence-corrected chi connectivity index (χ2v) is 10.1. The highest BCUT2D eigenvalue weighted by atomic mass is 32.2. The Hall–Kier alpha value is -3.36. The number of aromatic nitrogens is 3. The van der Waals surface area contributed by atoms with E-state index in [2.05, 4.69) is 33.4 Å². The average Bonchev–Trinajstić information content (AvgIpc) is 3.45. The van der Waals surface area contributed by atoms with Crippen molar-refractivity contribution in [1.29, 1.82) is 0 Å². The summed E-state index contributed by atoms with van der Waals surface area (Å²) in [6, 6.07) is 17.8. The van der Waals surface area contributed by atoms with E-state index in [0.29, 0.717) is 11.3 Å². The second-order valence-electron chi connectivity index (χ2n) is 8.96. The van der Waals surface area contributed by atoms with Gasteiger partial charge in [-0.05, 0) is 69.3 Å². The van der Waals surface area contributed by atoms with Gasteiger partial charge in [0, 0.05) is 26.6 Å². The van der Waals surface area contributed by atoms with Crippen LogP contribution in [0.25, 0.3) is 22.2 Å². The molecule has 8 heteroatoms. The van der Waals surface area contributed by atoms with Crippen molar-refractivity contribution < 1.29 is 4.79 Å². The van der Waals surface area contributed by atoms with Crippen LogP contribution in [0.15, 0.2) is 69.2 Å². The molecule has 3 heterocycles. The Morgan fingerprint density at radius 2 is 1.97 bits per heavy atom. The number of carbonyl (C=O) groups is 1. The SMILES string of the molecule is CCCc1[nH][nH]c(=O)c1-c1cc(Sc2ccc(NC(=O)[C@H]3CCCN3C)cc2)c2ccccc2n1. The largest absolute Gasteiger partial charge is 0.325 e. The third-order valence-corrected chi connectivity index (χ3v) is 7.53. The normalized spacial score (nSPS) is 16.1. The van der Waals surface area contributed by atoms with E-state index in [-0.39, 0.29) is 17.5 Å². The molecule has 1 aliphatic rings. The summed E-state index contributed by atoms with van der Waals surface area (Å²) < 4.78 is 0. The molecule has 35 heavy (non-hydrogen) atoms. The van der Waals surface area contributed by atoms with Crippen molar-refractivity contribution in [2.45, 2.75) is 48.4 Å². The lowest BCUT2D eigenvalue weighted by molar-refractivity contribution is -0.119. The first-order valence-corrected chi connectivity index (χ1v) is 12.8. The van der Waals surface area contributed by atoms with Crippen LogP contribution in [-0.4, -0.2) is 45.6 Å². The van der Waals surface area contributed by atoms with Gasteiger partial charge >= 0.3 is 0 Å². The maximum Gasteiger partial charge on any atom is 0.273 e. The number of H-pyrrole nitrogens is 2. The number of pyridine rings is 1. The molecule has 0 unspecified atom stereocenters. The van der Waals surface area contributed by atoms with E-state index in [9.17, 15) is 9.59 Å². The fourth-order valence-corrected chi connectivity index (χ4v) is 5.64. The molecule has 0 spiro atoms. The molecule has 0 bridgehead atoms. The van der Waals surface area contributed by atoms with Crippen LogP contribution in [0.3, 0.4) is 0 Å². The van der Waals surface area contributed by atoms with Gasteiger partial charge in [0.15, 0.2) is 0 Å². The number of aryl methyl sites for hydroxylation is 1. The predicted octanol–water partition coefficient (Wildman–Crippen LogP) is 5.05. The first-order valence-electron chi connectivity index (χ1n) is 12.0. The lowest BCUT2D eigenvalue weighted by Crippen LogP contribution is -2.37. The maximum absolute atomic E-state index is 12.6. The van der Waals surface area contributed by atoms with Crippen molar-refractivity contribution in [1.82, 2.24) is 20.1 Å². The number of para-hydroxylation sites is 1. The summed E-state index contributed by atoms with van der Waals surface area (Å²) in [4.78, 5) is 34.2. The van der Waals surface area contributed by atoms with Gasteiger partial charge < -0.3 is 10.4 Å². The molecule has 3 N–H and O–H groups in total. The first kappa shape index (κ1) is 23.4. The highest BCUT2D eigenvalue weighted by molar-refractivity contribution is 7.99. The zero-order chi connectivity index (χ0) is 24.4. The minimum atomic E-state index is -0.153. The topological polar surface area (TPSA) is 93.9 Å². The second kappa shape index (κ2) is 10.1. The molecule has 1 fully saturated rings. The van der Waals surface area contributed by atoms with Crippen LogP contribution in [-0.2, 0) is 11.2 Å². The summed E-state index contributed by atoms with van der Waals surface area (Å²) in [7, 11) is 2.00. The standard InChI is InChI=1S/C27H29N5O2S/c1-3-7-21-25(27(34)31-30-21)22-16-24(19-8-4-5-9-20(19)29-22)35-18-13-11-17(12-14-18)28-26(33)23-10-6-15-32(23)2/h4-5,8-9,11-14,16,23H,3,6-7,10,15H2,1-2H3,(H,28,33)(H2,30,31,34)/t23-/m1/s1. The number of benzene rings is 2. The van der Waals surface area contributed by atoms with E-state index >= 15 is 0 Å². The van der Waals surface area contributed by atoms with Crippen LogP contribution in [0.2, 0.25) is 0 Å². The Kier molecular flexibility index (Phi) is 6.74. The predicted molar refractivity (Wildman–Crippen MR) is 141 cm³/mol. The number of fused-ring (bicyclic) bond motifs is 1. The number of hydrogen-bond donors (Lipinski definition) is 3. The Morgan fingerprint density at radius 3 is 2.71 bits per heavy atom. The highest BCUT2D eigenvalue weighted by Crippen LogP contribution is 2.36. The van der Waals surface area contributed by atoms with E-state index in [1.165, 1.54) is 0 Å².